The Balaban J connectivity index is 1.64. The molecule has 2 N–H and O–H groups in total. The second-order valence-electron chi connectivity index (χ2n) is 7.81. The van der Waals surface area contributed by atoms with Crippen LogP contribution in [0.25, 0.3) is 0 Å². The number of hydrogen-bond acceptors (Lipinski definition) is 5. The van der Waals surface area contributed by atoms with Crippen molar-refractivity contribution in [1.82, 2.24) is 20.4 Å². The summed E-state index contributed by atoms with van der Waals surface area (Å²) in [5, 5.41) is 6.52. The number of guanidine groups is 1. The summed E-state index contributed by atoms with van der Waals surface area (Å²) in [5.41, 5.74) is 0. The number of aryl methyl sites for hydroxylation is 1. The second kappa shape index (κ2) is 10.5. The third-order valence-corrected chi connectivity index (χ3v) is 5.36. The van der Waals surface area contributed by atoms with Crippen molar-refractivity contribution in [2.75, 3.05) is 59.0 Å². The minimum Gasteiger partial charge on any atom is -0.465 e. The van der Waals surface area contributed by atoms with Gasteiger partial charge in [0.25, 0.3) is 0 Å². The molecule has 2 unspecified atom stereocenters. The molecule has 2 atom stereocenters. The van der Waals surface area contributed by atoms with E-state index in [1.54, 1.807) is 0 Å². The maximum absolute atomic E-state index is 12.6. The van der Waals surface area contributed by atoms with Crippen LogP contribution in [0.1, 0.15) is 30.9 Å². The van der Waals surface area contributed by atoms with Crippen LogP contribution in [0.15, 0.2) is 21.5 Å². The van der Waals surface area contributed by atoms with Gasteiger partial charge in [-0.3, -0.25) is 14.8 Å². The van der Waals surface area contributed by atoms with E-state index in [0.29, 0.717) is 51.8 Å². The molecule has 3 heterocycles. The molecule has 0 spiro atoms. The molecule has 0 aliphatic carbocycles. The van der Waals surface area contributed by atoms with Crippen LogP contribution < -0.4 is 10.6 Å². The van der Waals surface area contributed by atoms with Gasteiger partial charge < -0.3 is 19.8 Å². The number of furan rings is 1. The highest BCUT2D eigenvalue weighted by Gasteiger charge is 2.34. The Kier molecular flexibility index (Phi) is 8.01. The number of halogens is 3. The third-order valence-electron chi connectivity index (χ3n) is 5.36. The summed E-state index contributed by atoms with van der Waals surface area (Å²) in [6, 6.07) is 3.86. The van der Waals surface area contributed by atoms with Gasteiger partial charge >= 0.3 is 6.18 Å². The number of nitrogens with one attached hydrogen (secondary N) is 2. The van der Waals surface area contributed by atoms with Gasteiger partial charge in [-0.15, -0.1) is 0 Å². The van der Waals surface area contributed by atoms with Crippen LogP contribution >= 0.6 is 0 Å². The number of morpholine rings is 1. The van der Waals surface area contributed by atoms with Gasteiger partial charge in [-0.2, -0.15) is 13.2 Å². The van der Waals surface area contributed by atoms with E-state index in [-0.39, 0.29) is 12.1 Å². The number of nitrogens with zero attached hydrogens (tertiary/aromatic N) is 3. The molecule has 3 rings (SSSR count). The lowest BCUT2D eigenvalue weighted by atomic mass is 10.1. The van der Waals surface area contributed by atoms with Crippen LogP contribution in [0.5, 0.6) is 0 Å². The van der Waals surface area contributed by atoms with Crippen molar-refractivity contribution in [2.24, 2.45) is 4.99 Å². The Morgan fingerprint density at radius 3 is 2.67 bits per heavy atom. The highest BCUT2D eigenvalue weighted by Crippen LogP contribution is 2.24. The molecule has 0 bridgehead atoms. The van der Waals surface area contributed by atoms with Crippen LogP contribution in [0.2, 0.25) is 0 Å². The highest BCUT2D eigenvalue weighted by molar-refractivity contribution is 5.80. The van der Waals surface area contributed by atoms with Crippen LogP contribution in [0.4, 0.5) is 13.2 Å². The zero-order valence-corrected chi connectivity index (χ0v) is 17.7. The van der Waals surface area contributed by atoms with E-state index in [2.05, 4.69) is 15.5 Å². The molecule has 2 fully saturated rings. The molecule has 30 heavy (non-hydrogen) atoms. The summed E-state index contributed by atoms with van der Waals surface area (Å²) in [6.07, 6.45) is -3.51. The molecular weight excluding hydrogens is 399 g/mol. The smallest absolute Gasteiger partial charge is 0.401 e. The Bertz CT molecular complexity index is 688. The van der Waals surface area contributed by atoms with Crippen LogP contribution in [-0.4, -0.2) is 87.0 Å². The first-order valence-corrected chi connectivity index (χ1v) is 10.6. The molecule has 2 aliphatic rings. The first-order valence-electron chi connectivity index (χ1n) is 10.6. The minimum atomic E-state index is -4.17. The predicted octanol–water partition coefficient (Wildman–Crippen LogP) is 2.15. The second-order valence-corrected chi connectivity index (χ2v) is 7.81. The number of ether oxygens (including phenoxy) is 1. The van der Waals surface area contributed by atoms with Gasteiger partial charge in [0, 0.05) is 38.8 Å². The number of likely N-dealkylation sites (tertiary alicyclic amines) is 1. The average molecular weight is 432 g/mol. The standard InChI is InChI=1S/C20H32F3N5O2/c1-3-24-19(26-16-6-7-27(13-16)14-20(21,22)23)25-12-17(18-5-4-15(2)30-18)28-8-10-29-11-9-28/h4-5,16-17H,3,6-14H2,1-2H3,(H2,24,25,26). The van der Waals surface area contributed by atoms with E-state index in [9.17, 15) is 13.2 Å². The van der Waals surface area contributed by atoms with E-state index < -0.39 is 12.7 Å². The van der Waals surface area contributed by atoms with E-state index in [0.717, 1.165) is 24.6 Å². The zero-order valence-electron chi connectivity index (χ0n) is 17.7. The van der Waals surface area contributed by atoms with Gasteiger partial charge in [0.15, 0.2) is 5.96 Å². The lowest BCUT2D eigenvalue weighted by molar-refractivity contribution is -0.143. The van der Waals surface area contributed by atoms with Crippen molar-refractivity contribution in [3.8, 4) is 0 Å². The average Bonchev–Trinajstić information content (AvgIpc) is 3.30. The summed E-state index contributed by atoms with van der Waals surface area (Å²) >= 11 is 0. The van der Waals surface area contributed by atoms with Crippen molar-refractivity contribution in [2.45, 2.75) is 38.5 Å². The molecule has 0 amide bonds. The first kappa shape index (κ1) is 22.9. The van der Waals surface area contributed by atoms with Crippen LogP contribution in [0, 0.1) is 6.92 Å². The van der Waals surface area contributed by atoms with Crippen molar-refractivity contribution in [1.29, 1.82) is 0 Å². The van der Waals surface area contributed by atoms with Gasteiger partial charge in [0.2, 0.25) is 0 Å². The maximum atomic E-state index is 12.6. The van der Waals surface area contributed by atoms with E-state index in [1.165, 1.54) is 4.90 Å². The SMILES string of the molecule is CCNC(=NCC(c1ccc(C)o1)N1CCOCC1)NC1CCN(CC(F)(F)F)C1. The van der Waals surface area contributed by atoms with Gasteiger partial charge in [-0.1, -0.05) is 0 Å². The molecule has 1 aromatic heterocycles. The molecule has 10 heteroatoms. The molecule has 7 nitrogen and oxygen atoms in total. The summed E-state index contributed by atoms with van der Waals surface area (Å²) < 4.78 is 49.3. The summed E-state index contributed by atoms with van der Waals surface area (Å²) in [4.78, 5) is 8.48. The van der Waals surface area contributed by atoms with E-state index in [1.807, 2.05) is 26.0 Å². The van der Waals surface area contributed by atoms with Gasteiger partial charge in [0.05, 0.1) is 32.3 Å². The maximum Gasteiger partial charge on any atom is 0.401 e. The number of rotatable bonds is 7. The summed E-state index contributed by atoms with van der Waals surface area (Å²) in [6.45, 7) is 7.93. The molecule has 0 saturated carbocycles. The quantitative estimate of drug-likeness (QED) is 0.510. The van der Waals surface area contributed by atoms with Crippen molar-refractivity contribution < 1.29 is 22.3 Å². The molecule has 0 radical (unpaired) electrons. The summed E-state index contributed by atoms with van der Waals surface area (Å²) in [5.74, 6) is 2.34. The van der Waals surface area contributed by atoms with E-state index >= 15 is 0 Å². The largest absolute Gasteiger partial charge is 0.465 e. The Labute approximate surface area is 175 Å². The minimum absolute atomic E-state index is 0.0108. The van der Waals surface area contributed by atoms with E-state index in [4.69, 9.17) is 14.1 Å². The lowest BCUT2D eigenvalue weighted by Gasteiger charge is -2.32. The van der Waals surface area contributed by atoms with Crippen molar-refractivity contribution >= 4 is 5.96 Å². The fourth-order valence-electron chi connectivity index (χ4n) is 3.95. The molecule has 1 aromatic rings. The molecule has 170 valence electrons. The van der Waals surface area contributed by atoms with Gasteiger partial charge in [-0.05, 0) is 32.4 Å². The number of alkyl halides is 3. The van der Waals surface area contributed by atoms with Crippen molar-refractivity contribution in [3.05, 3.63) is 23.7 Å². The van der Waals surface area contributed by atoms with Crippen molar-refractivity contribution in [3.63, 3.8) is 0 Å². The highest BCUT2D eigenvalue weighted by atomic mass is 19.4. The summed E-state index contributed by atoms with van der Waals surface area (Å²) in [7, 11) is 0. The molecule has 0 aromatic carbocycles. The Hall–Kier alpha value is -1.78. The third kappa shape index (κ3) is 6.88. The fourth-order valence-corrected chi connectivity index (χ4v) is 3.95. The normalized spacial score (nSPS) is 23.0. The topological polar surface area (TPSA) is 65.3 Å². The zero-order chi connectivity index (χ0) is 21.6. The van der Waals surface area contributed by atoms with Crippen LogP contribution in [-0.2, 0) is 4.74 Å². The molecular formula is C20H32F3N5O2. The van der Waals surface area contributed by atoms with Gasteiger partial charge in [0.1, 0.15) is 11.5 Å². The number of aliphatic imine (C=N–C) groups is 1. The molecule has 2 aliphatic heterocycles. The number of hydrogen-bond donors (Lipinski definition) is 2. The molecule has 2 saturated heterocycles. The Morgan fingerprint density at radius 2 is 2.03 bits per heavy atom. The van der Waals surface area contributed by atoms with Crippen LogP contribution in [0.3, 0.4) is 0 Å². The lowest BCUT2D eigenvalue weighted by Crippen LogP contribution is -2.46. The predicted molar refractivity (Wildman–Crippen MR) is 109 cm³/mol. The van der Waals surface area contributed by atoms with Gasteiger partial charge in [-0.25, -0.2) is 0 Å². The Morgan fingerprint density at radius 1 is 1.27 bits per heavy atom. The fraction of sp³-hybridized carbons (Fsp3) is 0.750. The monoisotopic (exact) mass is 431 g/mol. The first-order chi connectivity index (χ1) is 14.3.